The van der Waals surface area contributed by atoms with Crippen LogP contribution in [-0.4, -0.2) is 24.1 Å². The fourth-order valence-electron chi connectivity index (χ4n) is 1.88. The number of anilines is 2. The fraction of sp³-hybridized carbons (Fsp3) is 0.231. The number of ether oxygens (including phenoxy) is 1. The van der Waals surface area contributed by atoms with Crippen molar-refractivity contribution in [3.8, 4) is 5.75 Å². The number of aromatic amines is 1. The van der Waals surface area contributed by atoms with E-state index in [1.807, 2.05) is 0 Å². The topological polar surface area (TPSA) is 84.2 Å². The lowest BCUT2D eigenvalue weighted by molar-refractivity contribution is 0.406. The van der Waals surface area contributed by atoms with E-state index >= 15 is 0 Å². The quantitative estimate of drug-likeness (QED) is 0.838. The lowest BCUT2D eigenvalue weighted by Crippen LogP contribution is -2.22. The molecule has 106 valence electrons. The van der Waals surface area contributed by atoms with Gasteiger partial charge in [0.2, 0.25) is 5.75 Å². The van der Waals surface area contributed by atoms with Gasteiger partial charge in [0, 0.05) is 24.3 Å². The van der Waals surface area contributed by atoms with Crippen LogP contribution in [0.4, 0.5) is 11.5 Å². The molecule has 0 saturated heterocycles. The minimum absolute atomic E-state index is 0.162. The Hall–Kier alpha value is -2.21. The molecule has 2 aromatic rings. The number of rotatable bonds is 4. The van der Waals surface area contributed by atoms with Gasteiger partial charge in [-0.1, -0.05) is 11.6 Å². The first-order chi connectivity index (χ1) is 9.52. The number of benzene rings is 1. The summed E-state index contributed by atoms with van der Waals surface area (Å²) in [5, 5.41) is 0.606. The summed E-state index contributed by atoms with van der Waals surface area (Å²) in [6.07, 6.45) is 1.33. The Morgan fingerprint density at radius 1 is 1.50 bits per heavy atom. The first kappa shape index (κ1) is 14.2. The van der Waals surface area contributed by atoms with Crippen molar-refractivity contribution >= 4 is 23.1 Å². The molecular weight excluding hydrogens is 280 g/mol. The normalized spacial score (nSPS) is 10.3. The van der Waals surface area contributed by atoms with Crippen LogP contribution in [0.3, 0.4) is 0 Å². The van der Waals surface area contributed by atoms with E-state index in [0.717, 1.165) is 5.56 Å². The largest absolute Gasteiger partial charge is 0.489 e. The molecule has 0 aliphatic rings. The Morgan fingerprint density at radius 3 is 2.95 bits per heavy atom. The summed E-state index contributed by atoms with van der Waals surface area (Å²) in [4.78, 5) is 20.0. The van der Waals surface area contributed by atoms with E-state index in [2.05, 4.69) is 9.97 Å². The number of aromatic nitrogens is 2. The van der Waals surface area contributed by atoms with E-state index in [1.165, 1.54) is 13.4 Å². The number of halogens is 1. The molecule has 0 aliphatic carbocycles. The lowest BCUT2D eigenvalue weighted by atomic mass is 10.2. The van der Waals surface area contributed by atoms with Crippen molar-refractivity contribution in [2.24, 2.45) is 0 Å². The minimum atomic E-state index is -0.331. The average Bonchev–Trinajstić information content (AvgIpc) is 2.42. The zero-order chi connectivity index (χ0) is 14.7. The van der Waals surface area contributed by atoms with Crippen LogP contribution in [0.25, 0.3) is 0 Å². The number of nitrogen functional groups attached to an aromatic ring is 1. The number of hydrogen-bond acceptors (Lipinski definition) is 5. The molecule has 7 heteroatoms. The summed E-state index contributed by atoms with van der Waals surface area (Å²) in [6.45, 7) is 0.455. The van der Waals surface area contributed by atoms with Gasteiger partial charge in [-0.3, -0.25) is 4.79 Å². The molecule has 0 amide bonds. The molecule has 0 saturated carbocycles. The molecule has 20 heavy (non-hydrogen) atoms. The zero-order valence-corrected chi connectivity index (χ0v) is 11.9. The highest BCUT2D eigenvalue weighted by Gasteiger charge is 2.14. The first-order valence-corrected chi connectivity index (χ1v) is 6.27. The van der Waals surface area contributed by atoms with E-state index in [4.69, 9.17) is 22.1 Å². The Labute approximate surface area is 121 Å². The molecule has 3 N–H and O–H groups in total. The summed E-state index contributed by atoms with van der Waals surface area (Å²) >= 11 is 6.13. The van der Waals surface area contributed by atoms with Crippen molar-refractivity contribution in [3.63, 3.8) is 0 Å². The van der Waals surface area contributed by atoms with Gasteiger partial charge in [-0.2, -0.15) is 0 Å². The van der Waals surface area contributed by atoms with Crippen LogP contribution in [0.2, 0.25) is 5.02 Å². The average molecular weight is 295 g/mol. The number of methoxy groups -OCH3 is 1. The Bertz CT molecular complexity index is 672. The van der Waals surface area contributed by atoms with Crippen LogP contribution < -0.4 is 20.9 Å². The Balaban J connectivity index is 2.33. The molecule has 1 aromatic carbocycles. The molecule has 6 nitrogen and oxygen atoms in total. The molecule has 0 fully saturated rings. The molecule has 0 atom stereocenters. The SMILES string of the molecule is COc1c(N(C)Cc2cc(N)ccc2Cl)nc[nH]c1=O. The number of nitrogens with one attached hydrogen (secondary N) is 1. The Kier molecular flexibility index (Phi) is 4.14. The van der Waals surface area contributed by atoms with Gasteiger partial charge in [-0.25, -0.2) is 4.98 Å². The van der Waals surface area contributed by atoms with Gasteiger partial charge >= 0.3 is 0 Å². The summed E-state index contributed by atoms with van der Waals surface area (Å²) in [7, 11) is 3.22. The van der Waals surface area contributed by atoms with Crippen molar-refractivity contribution in [2.75, 3.05) is 24.8 Å². The molecule has 1 heterocycles. The maximum absolute atomic E-state index is 11.7. The van der Waals surface area contributed by atoms with E-state index < -0.39 is 0 Å². The number of nitrogens with zero attached hydrogens (tertiary/aromatic N) is 2. The molecular formula is C13H15ClN4O2. The van der Waals surface area contributed by atoms with Gasteiger partial charge in [0.1, 0.15) is 0 Å². The maximum Gasteiger partial charge on any atom is 0.295 e. The highest BCUT2D eigenvalue weighted by atomic mass is 35.5. The third kappa shape index (κ3) is 2.85. The maximum atomic E-state index is 11.7. The predicted molar refractivity (Wildman–Crippen MR) is 79.4 cm³/mol. The van der Waals surface area contributed by atoms with E-state index in [9.17, 15) is 4.79 Å². The molecule has 0 spiro atoms. The summed E-state index contributed by atoms with van der Waals surface area (Å²) in [5.41, 5.74) is 6.89. The van der Waals surface area contributed by atoms with Gasteiger partial charge < -0.3 is 20.4 Å². The molecule has 0 radical (unpaired) electrons. The smallest absolute Gasteiger partial charge is 0.295 e. The molecule has 0 unspecified atom stereocenters. The second-order valence-electron chi connectivity index (χ2n) is 4.30. The second-order valence-corrected chi connectivity index (χ2v) is 4.70. The van der Waals surface area contributed by atoms with Crippen LogP contribution >= 0.6 is 11.6 Å². The highest BCUT2D eigenvalue weighted by Crippen LogP contribution is 2.25. The summed E-state index contributed by atoms with van der Waals surface area (Å²) in [6, 6.07) is 5.26. The van der Waals surface area contributed by atoms with Crippen LogP contribution in [0.1, 0.15) is 5.56 Å². The standard InChI is InChI=1S/C13H15ClN4O2/c1-18(6-8-5-9(15)3-4-10(8)14)12-11(20-2)13(19)17-7-16-12/h3-5,7H,6,15H2,1-2H3,(H,16,17,19). The van der Waals surface area contributed by atoms with Gasteiger partial charge in [-0.15, -0.1) is 0 Å². The molecule has 1 aromatic heterocycles. The number of nitrogens with two attached hydrogens (primary N) is 1. The van der Waals surface area contributed by atoms with Crippen molar-refractivity contribution in [1.82, 2.24) is 9.97 Å². The second kappa shape index (κ2) is 5.83. The number of hydrogen-bond donors (Lipinski definition) is 2. The third-order valence-electron chi connectivity index (χ3n) is 2.83. The molecule has 2 rings (SSSR count). The van der Waals surface area contributed by atoms with E-state index in [1.54, 1.807) is 30.1 Å². The van der Waals surface area contributed by atoms with E-state index in [0.29, 0.717) is 23.1 Å². The van der Waals surface area contributed by atoms with Crippen molar-refractivity contribution in [2.45, 2.75) is 6.54 Å². The van der Waals surface area contributed by atoms with Gasteiger partial charge in [0.15, 0.2) is 5.82 Å². The first-order valence-electron chi connectivity index (χ1n) is 5.89. The summed E-state index contributed by atoms with van der Waals surface area (Å²) in [5.74, 6) is 0.602. The van der Waals surface area contributed by atoms with Gasteiger partial charge in [0.25, 0.3) is 5.56 Å². The van der Waals surface area contributed by atoms with Gasteiger partial charge in [0.05, 0.1) is 13.4 Å². The molecule has 0 bridgehead atoms. The van der Waals surface area contributed by atoms with Crippen LogP contribution in [0.5, 0.6) is 5.75 Å². The van der Waals surface area contributed by atoms with Crippen molar-refractivity contribution in [3.05, 3.63) is 45.5 Å². The molecule has 0 aliphatic heterocycles. The van der Waals surface area contributed by atoms with E-state index in [-0.39, 0.29) is 11.3 Å². The highest BCUT2D eigenvalue weighted by molar-refractivity contribution is 6.31. The van der Waals surface area contributed by atoms with Gasteiger partial charge in [-0.05, 0) is 23.8 Å². The predicted octanol–water partition coefficient (Wildman–Crippen LogP) is 1.65. The van der Waals surface area contributed by atoms with Crippen LogP contribution in [0, 0.1) is 0 Å². The monoisotopic (exact) mass is 294 g/mol. The van der Waals surface area contributed by atoms with Crippen LogP contribution in [-0.2, 0) is 6.54 Å². The fourth-order valence-corrected chi connectivity index (χ4v) is 2.06. The summed E-state index contributed by atoms with van der Waals surface area (Å²) < 4.78 is 5.08. The Morgan fingerprint density at radius 2 is 2.25 bits per heavy atom. The number of H-pyrrole nitrogens is 1. The lowest BCUT2D eigenvalue weighted by Gasteiger charge is -2.20. The van der Waals surface area contributed by atoms with Crippen molar-refractivity contribution in [1.29, 1.82) is 0 Å². The zero-order valence-electron chi connectivity index (χ0n) is 11.2. The van der Waals surface area contributed by atoms with Crippen molar-refractivity contribution < 1.29 is 4.74 Å². The minimum Gasteiger partial charge on any atom is -0.489 e. The third-order valence-corrected chi connectivity index (χ3v) is 3.20. The van der Waals surface area contributed by atoms with Crippen LogP contribution in [0.15, 0.2) is 29.3 Å².